The molecule has 1 aromatic carbocycles. The summed E-state index contributed by atoms with van der Waals surface area (Å²) in [5.74, 6) is 0.671. The number of rotatable bonds is 4. The van der Waals surface area contributed by atoms with Crippen molar-refractivity contribution in [3.63, 3.8) is 0 Å². The van der Waals surface area contributed by atoms with Crippen molar-refractivity contribution < 1.29 is 9.76 Å². The highest BCUT2D eigenvalue weighted by Crippen LogP contribution is 2.36. The SMILES string of the molecule is COc1nc(C)ccc1C(=C1CCN(B(C)O)CC1)c1ccccc1. The zero-order valence-electron chi connectivity index (χ0n) is 15.2. The van der Waals surface area contributed by atoms with Gasteiger partial charge in [-0.2, -0.15) is 0 Å². The largest absolute Gasteiger partial charge is 0.481 e. The van der Waals surface area contributed by atoms with Gasteiger partial charge in [0, 0.05) is 11.3 Å². The van der Waals surface area contributed by atoms with Crippen LogP contribution >= 0.6 is 0 Å². The average Bonchev–Trinajstić information content (AvgIpc) is 2.64. The van der Waals surface area contributed by atoms with E-state index in [4.69, 9.17) is 4.74 Å². The van der Waals surface area contributed by atoms with Crippen LogP contribution in [0.1, 0.15) is 29.7 Å². The fraction of sp³-hybridized carbons (Fsp3) is 0.350. The van der Waals surface area contributed by atoms with Crippen LogP contribution in [-0.2, 0) is 0 Å². The Hall–Kier alpha value is -2.11. The summed E-state index contributed by atoms with van der Waals surface area (Å²) < 4.78 is 5.58. The van der Waals surface area contributed by atoms with E-state index in [9.17, 15) is 5.02 Å². The van der Waals surface area contributed by atoms with Gasteiger partial charge in [0.25, 0.3) is 0 Å². The van der Waals surface area contributed by atoms with Gasteiger partial charge in [-0.25, -0.2) is 4.98 Å². The quantitative estimate of drug-likeness (QED) is 0.869. The molecule has 0 amide bonds. The van der Waals surface area contributed by atoms with Crippen LogP contribution in [0.5, 0.6) is 5.88 Å². The van der Waals surface area contributed by atoms with E-state index in [0.717, 1.165) is 37.2 Å². The van der Waals surface area contributed by atoms with E-state index in [1.54, 1.807) is 7.11 Å². The van der Waals surface area contributed by atoms with Crippen LogP contribution < -0.4 is 4.74 Å². The molecule has 25 heavy (non-hydrogen) atoms. The molecule has 1 aromatic heterocycles. The lowest BCUT2D eigenvalue weighted by Crippen LogP contribution is -2.41. The Balaban J connectivity index is 2.08. The molecule has 0 saturated carbocycles. The van der Waals surface area contributed by atoms with Crippen molar-refractivity contribution in [2.45, 2.75) is 26.6 Å². The third-order valence-electron chi connectivity index (χ3n) is 4.81. The van der Waals surface area contributed by atoms with E-state index in [-0.39, 0.29) is 0 Å². The van der Waals surface area contributed by atoms with Gasteiger partial charge in [-0.1, -0.05) is 35.9 Å². The van der Waals surface area contributed by atoms with Crippen LogP contribution in [-0.4, -0.2) is 42.1 Å². The van der Waals surface area contributed by atoms with E-state index >= 15 is 0 Å². The minimum absolute atomic E-state index is 0.391. The van der Waals surface area contributed by atoms with Gasteiger partial charge in [-0.05, 0) is 62.9 Å². The van der Waals surface area contributed by atoms with Gasteiger partial charge in [0.1, 0.15) is 0 Å². The highest BCUT2D eigenvalue weighted by Gasteiger charge is 2.24. The number of aromatic nitrogens is 1. The molecule has 130 valence electrons. The monoisotopic (exact) mass is 336 g/mol. The number of pyridine rings is 1. The number of hydrogen-bond acceptors (Lipinski definition) is 4. The average molecular weight is 336 g/mol. The Bertz CT molecular complexity index is 750. The van der Waals surface area contributed by atoms with E-state index in [1.165, 1.54) is 16.7 Å². The highest BCUT2D eigenvalue weighted by atomic mass is 16.5. The van der Waals surface area contributed by atoms with Gasteiger partial charge in [-0.3, -0.25) is 0 Å². The molecule has 1 N–H and O–H groups in total. The number of ether oxygens (including phenoxy) is 1. The molecule has 1 fully saturated rings. The summed E-state index contributed by atoms with van der Waals surface area (Å²) in [6.07, 6.45) is 1.87. The van der Waals surface area contributed by atoms with Crippen LogP contribution in [0, 0.1) is 6.92 Å². The molecule has 1 saturated heterocycles. The van der Waals surface area contributed by atoms with Crippen molar-refractivity contribution in [3.8, 4) is 5.88 Å². The Kier molecular flexibility index (Phi) is 5.56. The Morgan fingerprint density at radius 2 is 1.80 bits per heavy atom. The topological polar surface area (TPSA) is 45.6 Å². The van der Waals surface area contributed by atoms with Gasteiger partial charge in [0.2, 0.25) is 5.88 Å². The molecule has 3 rings (SSSR count). The van der Waals surface area contributed by atoms with Crippen molar-refractivity contribution in [1.29, 1.82) is 0 Å². The summed E-state index contributed by atoms with van der Waals surface area (Å²) in [5.41, 5.74) is 5.79. The Morgan fingerprint density at radius 3 is 2.40 bits per heavy atom. The fourth-order valence-electron chi connectivity index (χ4n) is 3.45. The molecule has 0 bridgehead atoms. The Morgan fingerprint density at radius 1 is 1.12 bits per heavy atom. The van der Waals surface area contributed by atoms with Crippen molar-refractivity contribution in [3.05, 3.63) is 64.9 Å². The van der Waals surface area contributed by atoms with Crippen LogP contribution in [0.15, 0.2) is 48.0 Å². The summed E-state index contributed by atoms with van der Waals surface area (Å²) in [7, 11) is 1.28. The maximum atomic E-state index is 9.83. The third kappa shape index (κ3) is 3.94. The van der Waals surface area contributed by atoms with Gasteiger partial charge in [0.05, 0.1) is 7.11 Å². The Labute approximate surface area is 150 Å². The maximum absolute atomic E-state index is 9.83. The van der Waals surface area contributed by atoms with Crippen LogP contribution in [0.2, 0.25) is 6.82 Å². The molecular formula is C20H25BN2O2. The maximum Gasteiger partial charge on any atom is 0.376 e. The predicted molar refractivity (Wildman–Crippen MR) is 103 cm³/mol. The van der Waals surface area contributed by atoms with Gasteiger partial charge < -0.3 is 14.6 Å². The van der Waals surface area contributed by atoms with Gasteiger partial charge in [-0.15, -0.1) is 0 Å². The molecule has 2 aromatic rings. The fourth-order valence-corrected chi connectivity index (χ4v) is 3.45. The van der Waals surface area contributed by atoms with Crippen LogP contribution in [0.4, 0.5) is 0 Å². The molecule has 1 aliphatic rings. The van der Waals surface area contributed by atoms with E-state index in [0.29, 0.717) is 5.88 Å². The molecular weight excluding hydrogens is 311 g/mol. The smallest absolute Gasteiger partial charge is 0.376 e. The third-order valence-corrected chi connectivity index (χ3v) is 4.81. The second kappa shape index (κ2) is 7.85. The first-order chi connectivity index (χ1) is 12.1. The molecule has 0 atom stereocenters. The number of aryl methyl sites for hydroxylation is 1. The second-order valence-corrected chi connectivity index (χ2v) is 6.52. The lowest BCUT2D eigenvalue weighted by atomic mass is 9.80. The second-order valence-electron chi connectivity index (χ2n) is 6.52. The summed E-state index contributed by atoms with van der Waals surface area (Å²) >= 11 is 0. The van der Waals surface area contributed by atoms with Crippen molar-refractivity contribution in [2.75, 3.05) is 20.2 Å². The van der Waals surface area contributed by atoms with Crippen LogP contribution in [0.25, 0.3) is 5.57 Å². The molecule has 0 aliphatic carbocycles. The zero-order chi connectivity index (χ0) is 17.8. The number of nitrogens with zero attached hydrogens (tertiary/aromatic N) is 2. The predicted octanol–water partition coefficient (Wildman–Crippen LogP) is 3.41. The van der Waals surface area contributed by atoms with Crippen molar-refractivity contribution >= 4 is 12.6 Å². The standard InChI is InChI=1S/C20H25BN2O2/c1-15-9-10-18(20(22-15)25-3)19(16-7-5-4-6-8-16)17-11-13-23(14-12-17)21(2)24/h4-10,24H,11-14H2,1-3H3. The van der Waals surface area contributed by atoms with Crippen LogP contribution in [0.3, 0.4) is 0 Å². The number of benzene rings is 1. The number of methoxy groups -OCH3 is 1. The molecule has 4 nitrogen and oxygen atoms in total. The summed E-state index contributed by atoms with van der Waals surface area (Å²) in [6, 6.07) is 14.6. The summed E-state index contributed by atoms with van der Waals surface area (Å²) in [5, 5.41) is 9.83. The molecule has 2 heterocycles. The first-order valence-corrected chi connectivity index (χ1v) is 8.81. The van der Waals surface area contributed by atoms with E-state index in [1.807, 2.05) is 25.9 Å². The highest BCUT2D eigenvalue weighted by molar-refractivity contribution is 6.45. The summed E-state index contributed by atoms with van der Waals surface area (Å²) in [4.78, 5) is 6.68. The molecule has 5 heteroatoms. The molecule has 1 aliphatic heterocycles. The lowest BCUT2D eigenvalue weighted by molar-refractivity contribution is 0.345. The molecule has 0 spiro atoms. The summed E-state index contributed by atoms with van der Waals surface area (Å²) in [6.45, 7) is 5.54. The first-order valence-electron chi connectivity index (χ1n) is 8.81. The molecule has 0 radical (unpaired) electrons. The number of piperidine rings is 1. The first kappa shape index (κ1) is 17.7. The number of hydrogen-bond donors (Lipinski definition) is 1. The van der Waals surface area contributed by atoms with E-state index in [2.05, 4.69) is 40.1 Å². The van der Waals surface area contributed by atoms with Gasteiger partial charge in [0.15, 0.2) is 0 Å². The van der Waals surface area contributed by atoms with E-state index < -0.39 is 7.05 Å². The van der Waals surface area contributed by atoms with Gasteiger partial charge >= 0.3 is 7.05 Å². The minimum atomic E-state index is -0.391. The van der Waals surface area contributed by atoms with Crippen molar-refractivity contribution in [2.24, 2.45) is 0 Å². The lowest BCUT2D eigenvalue weighted by Gasteiger charge is -2.31. The zero-order valence-corrected chi connectivity index (χ0v) is 15.2. The normalized spacial score (nSPS) is 15.1. The minimum Gasteiger partial charge on any atom is -0.481 e. The molecule has 0 unspecified atom stereocenters. The van der Waals surface area contributed by atoms with Crippen molar-refractivity contribution in [1.82, 2.24) is 9.79 Å².